The van der Waals surface area contributed by atoms with E-state index in [0.717, 1.165) is 5.57 Å². The Kier molecular flexibility index (Phi) is 7.45. The lowest BCUT2D eigenvalue weighted by Crippen LogP contribution is -2.72. The number of esters is 4. The third-order valence-corrected chi connectivity index (χ3v) is 9.23. The fourth-order valence-corrected chi connectivity index (χ4v) is 7.22. The second kappa shape index (κ2) is 9.85. The minimum Gasteiger partial charge on any atom is -0.462 e. The van der Waals surface area contributed by atoms with Gasteiger partial charge in [0.2, 0.25) is 0 Å². The summed E-state index contributed by atoms with van der Waals surface area (Å²) in [6.45, 7) is 10.8. The topological polar surface area (TPSA) is 158 Å². The Morgan fingerprint density at radius 2 is 1.67 bits per heavy atom. The third-order valence-electron chi connectivity index (χ3n) is 9.23. The summed E-state index contributed by atoms with van der Waals surface area (Å²) < 4.78 is 29.0. The average Bonchev–Trinajstić information content (AvgIpc) is 3.40. The van der Waals surface area contributed by atoms with E-state index < -0.39 is 82.5 Å². The van der Waals surface area contributed by atoms with Gasteiger partial charge in [-0.1, -0.05) is 19.4 Å². The Labute approximate surface area is 228 Å². The first-order valence-electron chi connectivity index (χ1n) is 13.6. The zero-order valence-corrected chi connectivity index (χ0v) is 23.6. The van der Waals surface area contributed by atoms with Crippen LogP contribution in [-0.4, -0.2) is 81.4 Å². The molecule has 4 rings (SSSR count). The van der Waals surface area contributed by atoms with Crippen LogP contribution in [0.4, 0.5) is 0 Å². The van der Waals surface area contributed by atoms with Gasteiger partial charge in [0.1, 0.15) is 23.9 Å². The molecule has 0 bridgehead atoms. The first-order chi connectivity index (χ1) is 18.0. The molecular weight excluding hydrogens is 512 g/mol. The van der Waals surface area contributed by atoms with Crippen molar-refractivity contribution < 1.29 is 53.1 Å². The van der Waals surface area contributed by atoms with Gasteiger partial charge in [0.05, 0.1) is 11.5 Å². The lowest BCUT2D eigenvalue weighted by atomic mass is 9.51. The monoisotopic (exact) mass is 552 g/mol. The van der Waals surface area contributed by atoms with Gasteiger partial charge in [0, 0.05) is 32.6 Å². The van der Waals surface area contributed by atoms with E-state index in [4.69, 9.17) is 23.7 Å². The highest BCUT2D eigenvalue weighted by atomic mass is 16.7. The Hall–Kier alpha value is -2.50. The molecule has 1 saturated carbocycles. The molecule has 0 aromatic heterocycles. The number of allylic oxidation sites excluding steroid dienone is 1. The van der Waals surface area contributed by atoms with Gasteiger partial charge in [0.25, 0.3) is 0 Å². The molecule has 2 aliphatic carbocycles. The molecule has 11 nitrogen and oxygen atoms in total. The maximum absolute atomic E-state index is 12.9. The van der Waals surface area contributed by atoms with Gasteiger partial charge in [-0.25, -0.2) is 4.79 Å². The molecule has 1 spiro atoms. The number of epoxide rings is 1. The van der Waals surface area contributed by atoms with Gasteiger partial charge in [-0.05, 0) is 46.1 Å². The van der Waals surface area contributed by atoms with Crippen LogP contribution in [0.15, 0.2) is 11.6 Å². The van der Waals surface area contributed by atoms with Crippen molar-refractivity contribution in [1.29, 1.82) is 0 Å². The largest absolute Gasteiger partial charge is 0.462 e. The van der Waals surface area contributed by atoms with Gasteiger partial charge in [-0.3, -0.25) is 14.4 Å². The molecule has 10 unspecified atom stereocenters. The van der Waals surface area contributed by atoms with Crippen LogP contribution < -0.4 is 0 Å². The second-order valence-electron chi connectivity index (χ2n) is 12.0. The van der Waals surface area contributed by atoms with Crippen LogP contribution in [0.25, 0.3) is 0 Å². The first kappa shape index (κ1) is 29.5. The first-order valence-corrected chi connectivity index (χ1v) is 13.6. The zero-order chi connectivity index (χ0) is 29.1. The number of hydrogen-bond acceptors (Lipinski definition) is 11. The summed E-state index contributed by atoms with van der Waals surface area (Å²) in [7, 11) is 0. The van der Waals surface area contributed by atoms with Crippen molar-refractivity contribution in [2.75, 3.05) is 0 Å². The highest BCUT2D eigenvalue weighted by molar-refractivity contribution is 5.89. The molecule has 2 aliphatic heterocycles. The molecule has 0 radical (unpaired) electrons. The van der Waals surface area contributed by atoms with Crippen molar-refractivity contribution in [2.45, 2.75) is 128 Å². The van der Waals surface area contributed by atoms with Crippen LogP contribution in [0.3, 0.4) is 0 Å². The Bertz CT molecular complexity index is 1080. The van der Waals surface area contributed by atoms with Gasteiger partial charge < -0.3 is 33.9 Å². The molecule has 2 heterocycles. The van der Waals surface area contributed by atoms with Crippen LogP contribution in [0.5, 0.6) is 0 Å². The number of aliphatic hydroxyl groups excluding tert-OH is 1. The molecule has 0 aromatic carbocycles. The Morgan fingerprint density at radius 1 is 1.05 bits per heavy atom. The molecular formula is C28H40O11. The standard InChI is InChI=1S/C28H40O11/c1-8-9-21(31)37-19-13-18(36-16(4)30)25(5)17(35-15(3)29)11-10-14(2)12-20-28(23(32)22(25)26(19,6)34)27(7,39-28)24(33)38-20/h12,17-20,22-23,32,34H,8-11,13H2,1-7H3. The summed E-state index contributed by atoms with van der Waals surface area (Å²) in [4.78, 5) is 50.2. The fraction of sp³-hybridized carbons (Fsp3) is 0.786. The van der Waals surface area contributed by atoms with Crippen LogP contribution in [0.2, 0.25) is 0 Å². The summed E-state index contributed by atoms with van der Waals surface area (Å²) in [6.07, 6.45) is -2.79. The van der Waals surface area contributed by atoms with Gasteiger partial charge in [-0.2, -0.15) is 0 Å². The van der Waals surface area contributed by atoms with Crippen LogP contribution in [0.1, 0.15) is 80.6 Å². The van der Waals surface area contributed by atoms with E-state index in [2.05, 4.69) is 0 Å². The molecule has 4 aliphatic rings. The quantitative estimate of drug-likeness (QED) is 0.222. The van der Waals surface area contributed by atoms with E-state index in [0.29, 0.717) is 12.8 Å². The number of ether oxygens (including phenoxy) is 5. The van der Waals surface area contributed by atoms with Crippen molar-refractivity contribution in [3.8, 4) is 0 Å². The SMILES string of the molecule is CCCC(=O)OC1CC(OC(C)=O)C2(C)C(OC(C)=O)CCC(C)=CC3OC(=O)C4(C)OC34C(O)C2C1(C)O. The summed E-state index contributed by atoms with van der Waals surface area (Å²) in [5, 5.41) is 24.5. The van der Waals surface area contributed by atoms with Gasteiger partial charge in [0.15, 0.2) is 17.3 Å². The molecule has 0 aromatic rings. The van der Waals surface area contributed by atoms with Crippen molar-refractivity contribution in [2.24, 2.45) is 11.3 Å². The number of carbonyl (C=O) groups is 4. The number of fused-ring (bicyclic) bond motifs is 1. The molecule has 0 amide bonds. The number of hydrogen-bond donors (Lipinski definition) is 2. The molecule has 218 valence electrons. The average molecular weight is 553 g/mol. The van der Waals surface area contributed by atoms with Crippen molar-refractivity contribution in [3.05, 3.63) is 11.6 Å². The molecule has 2 N–H and O–H groups in total. The summed E-state index contributed by atoms with van der Waals surface area (Å²) in [5.41, 5.74) is -5.58. The normalized spacial score (nSPS) is 44.9. The minimum atomic E-state index is -1.93. The van der Waals surface area contributed by atoms with E-state index in [-0.39, 0.29) is 19.3 Å². The lowest BCUT2D eigenvalue weighted by Gasteiger charge is -2.59. The smallest absolute Gasteiger partial charge is 0.342 e. The van der Waals surface area contributed by atoms with E-state index in [9.17, 15) is 29.4 Å². The fourth-order valence-electron chi connectivity index (χ4n) is 7.22. The van der Waals surface area contributed by atoms with Crippen LogP contribution >= 0.6 is 0 Å². The minimum absolute atomic E-state index is 0.0989. The molecule has 11 heteroatoms. The number of rotatable bonds is 5. The van der Waals surface area contributed by atoms with E-state index >= 15 is 0 Å². The summed E-state index contributed by atoms with van der Waals surface area (Å²) in [5.74, 6) is -3.69. The van der Waals surface area contributed by atoms with Crippen LogP contribution in [-0.2, 0) is 42.9 Å². The molecule has 2 saturated heterocycles. The molecule has 3 fully saturated rings. The molecule has 10 atom stereocenters. The van der Waals surface area contributed by atoms with Crippen molar-refractivity contribution in [1.82, 2.24) is 0 Å². The number of carbonyl (C=O) groups excluding carboxylic acids is 4. The highest BCUT2D eigenvalue weighted by Crippen LogP contribution is 2.65. The predicted octanol–water partition coefficient (Wildman–Crippen LogP) is 1.89. The van der Waals surface area contributed by atoms with E-state index in [1.54, 1.807) is 13.0 Å². The van der Waals surface area contributed by atoms with E-state index in [1.807, 2.05) is 13.8 Å². The van der Waals surface area contributed by atoms with Crippen LogP contribution in [0, 0.1) is 11.3 Å². The Balaban J connectivity index is 1.94. The Morgan fingerprint density at radius 3 is 2.23 bits per heavy atom. The maximum atomic E-state index is 12.9. The number of aliphatic hydroxyl groups is 2. The van der Waals surface area contributed by atoms with Gasteiger partial charge in [-0.15, -0.1) is 0 Å². The molecule has 39 heavy (non-hydrogen) atoms. The lowest BCUT2D eigenvalue weighted by molar-refractivity contribution is -0.274. The second-order valence-corrected chi connectivity index (χ2v) is 12.0. The van der Waals surface area contributed by atoms with Crippen molar-refractivity contribution >= 4 is 23.9 Å². The van der Waals surface area contributed by atoms with Gasteiger partial charge >= 0.3 is 23.9 Å². The zero-order valence-electron chi connectivity index (χ0n) is 23.6. The highest BCUT2D eigenvalue weighted by Gasteiger charge is 2.87. The van der Waals surface area contributed by atoms with Crippen molar-refractivity contribution in [3.63, 3.8) is 0 Å². The maximum Gasteiger partial charge on any atom is 0.342 e. The third kappa shape index (κ3) is 4.46. The predicted molar refractivity (Wildman–Crippen MR) is 134 cm³/mol. The summed E-state index contributed by atoms with van der Waals surface area (Å²) in [6, 6.07) is 0. The van der Waals surface area contributed by atoms with E-state index in [1.165, 1.54) is 27.7 Å². The summed E-state index contributed by atoms with van der Waals surface area (Å²) >= 11 is 0.